The van der Waals surface area contributed by atoms with Crippen LogP contribution < -0.4 is 0 Å². The minimum absolute atomic E-state index is 0.285. The summed E-state index contributed by atoms with van der Waals surface area (Å²) in [6.07, 6.45) is -3.28. The highest BCUT2D eigenvalue weighted by molar-refractivity contribution is 7.99. The molecule has 0 radical (unpaired) electrons. The maximum atomic E-state index is 13.3. The molecule has 228 valence electrons. The molecular weight excluding hydrogens is 639 g/mol. The molecule has 45 heavy (non-hydrogen) atoms. The monoisotopic (exact) mass is 662 g/mol. The highest BCUT2D eigenvalue weighted by atomic mass is 35.5. The minimum atomic E-state index is -1.15. The van der Waals surface area contributed by atoms with Gasteiger partial charge in [-0.15, -0.1) is 0 Å². The van der Waals surface area contributed by atoms with Crippen molar-refractivity contribution in [3.05, 3.63) is 130 Å². The summed E-state index contributed by atoms with van der Waals surface area (Å²) in [4.78, 5) is 47.1. The Kier molecular flexibility index (Phi) is 9.37. The molecule has 0 aliphatic carbocycles. The van der Waals surface area contributed by atoms with E-state index >= 15 is 0 Å². The molecule has 1 aromatic heterocycles. The van der Waals surface area contributed by atoms with Crippen LogP contribution in [0.15, 0.2) is 108 Å². The Bertz CT molecular complexity index is 1780. The van der Waals surface area contributed by atoms with E-state index in [2.05, 4.69) is 9.97 Å². The van der Waals surface area contributed by atoms with Crippen LogP contribution in [-0.2, 0) is 18.9 Å². The number of nitrogens with zero attached hydrogens (tertiary/aromatic N) is 1. The van der Waals surface area contributed by atoms with Crippen LogP contribution in [0.25, 0.3) is 11.0 Å². The number of carbonyl (C=O) groups excluding carboxylic acids is 3. The van der Waals surface area contributed by atoms with Crippen LogP contribution in [0.4, 0.5) is 0 Å². The second-order valence-corrected chi connectivity index (χ2v) is 11.8. The molecule has 9 nitrogen and oxygen atoms in total. The summed E-state index contributed by atoms with van der Waals surface area (Å²) in [6, 6.07) is 28.5. The van der Waals surface area contributed by atoms with Crippen LogP contribution in [0, 0.1) is 0 Å². The molecule has 12 heteroatoms. The topological polar surface area (TPSA) is 117 Å². The second-order valence-electron chi connectivity index (χ2n) is 9.92. The Labute approximate surface area is 271 Å². The smallest absolute Gasteiger partial charge is 0.338 e. The Balaban J connectivity index is 1.32. The van der Waals surface area contributed by atoms with Crippen LogP contribution in [0.3, 0.4) is 0 Å². The number of hydrogen-bond acceptors (Lipinski definition) is 9. The number of thioether (sulfide) groups is 1. The van der Waals surface area contributed by atoms with E-state index < -0.39 is 41.7 Å². The first-order chi connectivity index (χ1) is 21.9. The van der Waals surface area contributed by atoms with Crippen LogP contribution in [0.5, 0.6) is 0 Å². The molecule has 0 saturated carbocycles. The molecule has 0 bridgehead atoms. The van der Waals surface area contributed by atoms with Gasteiger partial charge in [0, 0.05) is 0 Å². The Morgan fingerprint density at radius 3 is 1.82 bits per heavy atom. The first-order valence-corrected chi connectivity index (χ1v) is 15.4. The van der Waals surface area contributed by atoms with E-state index in [1.165, 1.54) is 0 Å². The number of imidazole rings is 1. The van der Waals surface area contributed by atoms with E-state index in [1.54, 1.807) is 103 Å². The highest BCUT2D eigenvalue weighted by Gasteiger charge is 2.51. The Hall–Kier alpha value is -4.35. The van der Waals surface area contributed by atoms with Crippen molar-refractivity contribution in [1.29, 1.82) is 0 Å². The van der Waals surface area contributed by atoms with Gasteiger partial charge in [0.1, 0.15) is 12.7 Å². The number of benzene rings is 4. The van der Waals surface area contributed by atoms with Crippen molar-refractivity contribution in [2.45, 2.75) is 28.9 Å². The van der Waals surface area contributed by atoms with Crippen molar-refractivity contribution in [3.8, 4) is 0 Å². The van der Waals surface area contributed by atoms with Gasteiger partial charge in [-0.25, -0.2) is 19.4 Å². The van der Waals surface area contributed by atoms with E-state index in [-0.39, 0.29) is 12.2 Å². The largest absolute Gasteiger partial charge is 0.459 e. The number of H-pyrrole nitrogens is 1. The molecule has 1 aliphatic heterocycles. The van der Waals surface area contributed by atoms with E-state index in [0.29, 0.717) is 37.4 Å². The van der Waals surface area contributed by atoms with Crippen LogP contribution >= 0.6 is 35.0 Å². The van der Waals surface area contributed by atoms with Gasteiger partial charge in [0.2, 0.25) is 0 Å². The van der Waals surface area contributed by atoms with Gasteiger partial charge < -0.3 is 23.9 Å². The molecular formula is C33H24Cl2N2O7S. The first-order valence-electron chi connectivity index (χ1n) is 13.8. The standard InChI is InChI=1S/C33H24Cl2N2O7S/c34-22-16-24-25(17-23(22)35)37-33(36-24)45-32-28(44-31(40)21-14-8-3-9-15-21)27(43-30(39)20-12-6-2-7-13-20)26(42-32)18-41-29(38)19-10-4-1-5-11-19/h1-17,26-28,32H,18H2,(H,36,37)/t26-,27-,28-,32+/m1/s1. The molecule has 0 unspecified atom stereocenters. The van der Waals surface area contributed by atoms with E-state index in [1.807, 2.05) is 0 Å². The maximum absolute atomic E-state index is 13.3. The van der Waals surface area contributed by atoms with Crippen molar-refractivity contribution in [2.75, 3.05) is 6.61 Å². The number of ether oxygens (including phenoxy) is 4. The normalized spacial score (nSPS) is 19.2. The number of fused-ring (bicyclic) bond motifs is 1. The quantitative estimate of drug-likeness (QED) is 0.132. The fourth-order valence-corrected chi connectivity index (χ4v) is 6.09. The molecule has 1 N–H and O–H groups in total. The summed E-state index contributed by atoms with van der Waals surface area (Å²) in [5.74, 6) is -1.91. The number of rotatable bonds is 9. The average Bonchev–Trinajstić information content (AvgIpc) is 3.60. The van der Waals surface area contributed by atoms with Gasteiger partial charge in [-0.05, 0) is 48.5 Å². The zero-order valence-electron chi connectivity index (χ0n) is 23.3. The number of carbonyl (C=O) groups is 3. The fourth-order valence-electron chi connectivity index (χ4n) is 4.68. The molecule has 1 saturated heterocycles. The molecule has 2 heterocycles. The third kappa shape index (κ3) is 7.15. The lowest BCUT2D eigenvalue weighted by Crippen LogP contribution is -2.41. The molecule has 1 fully saturated rings. The van der Waals surface area contributed by atoms with Gasteiger partial charge in [0.05, 0.1) is 37.8 Å². The summed E-state index contributed by atoms with van der Waals surface area (Å²) < 4.78 is 23.8. The summed E-state index contributed by atoms with van der Waals surface area (Å²) in [6.45, 7) is -0.289. The Morgan fingerprint density at radius 2 is 1.24 bits per heavy atom. The van der Waals surface area contributed by atoms with Crippen molar-refractivity contribution in [2.24, 2.45) is 0 Å². The lowest BCUT2D eigenvalue weighted by atomic mass is 10.1. The van der Waals surface area contributed by atoms with Crippen LogP contribution in [0.2, 0.25) is 10.0 Å². The predicted molar refractivity (Wildman–Crippen MR) is 169 cm³/mol. The van der Waals surface area contributed by atoms with Crippen molar-refractivity contribution in [3.63, 3.8) is 0 Å². The van der Waals surface area contributed by atoms with Crippen LogP contribution in [-0.4, -0.2) is 58.2 Å². The lowest BCUT2D eigenvalue weighted by molar-refractivity contribution is -0.0435. The molecule has 5 aromatic rings. The predicted octanol–water partition coefficient (Wildman–Crippen LogP) is 6.99. The highest BCUT2D eigenvalue weighted by Crippen LogP contribution is 2.38. The van der Waals surface area contributed by atoms with Gasteiger partial charge in [-0.3, -0.25) is 0 Å². The molecule has 0 spiro atoms. The molecule has 1 aliphatic rings. The van der Waals surface area contributed by atoms with Gasteiger partial charge in [0.25, 0.3) is 0 Å². The van der Waals surface area contributed by atoms with E-state index in [0.717, 1.165) is 11.8 Å². The van der Waals surface area contributed by atoms with Gasteiger partial charge in [0.15, 0.2) is 22.8 Å². The van der Waals surface area contributed by atoms with Crippen molar-refractivity contribution in [1.82, 2.24) is 9.97 Å². The van der Waals surface area contributed by atoms with Crippen LogP contribution in [0.1, 0.15) is 31.1 Å². The number of hydrogen-bond donors (Lipinski definition) is 1. The summed E-state index contributed by atoms with van der Waals surface area (Å²) in [7, 11) is 0. The first kappa shape index (κ1) is 30.7. The zero-order chi connectivity index (χ0) is 31.3. The number of nitrogens with one attached hydrogen (secondary N) is 1. The second kappa shape index (κ2) is 13.7. The summed E-state index contributed by atoms with van der Waals surface area (Å²) in [5, 5.41) is 1.10. The van der Waals surface area contributed by atoms with Gasteiger partial charge >= 0.3 is 17.9 Å². The number of aromatic amines is 1. The number of aromatic nitrogens is 2. The average molecular weight is 664 g/mol. The zero-order valence-corrected chi connectivity index (χ0v) is 25.6. The lowest BCUT2D eigenvalue weighted by Gasteiger charge is -2.24. The Morgan fingerprint density at radius 1 is 0.733 bits per heavy atom. The molecule has 4 atom stereocenters. The van der Waals surface area contributed by atoms with Gasteiger partial charge in [-0.1, -0.05) is 89.6 Å². The number of halogens is 2. The van der Waals surface area contributed by atoms with E-state index in [9.17, 15) is 14.4 Å². The van der Waals surface area contributed by atoms with E-state index in [4.69, 9.17) is 42.1 Å². The maximum Gasteiger partial charge on any atom is 0.338 e. The third-order valence-corrected chi connectivity index (χ3v) is 8.64. The van der Waals surface area contributed by atoms with Gasteiger partial charge in [-0.2, -0.15) is 0 Å². The van der Waals surface area contributed by atoms with Crippen molar-refractivity contribution >= 4 is 63.9 Å². The molecule has 6 rings (SSSR count). The van der Waals surface area contributed by atoms with Crippen molar-refractivity contribution < 1.29 is 33.3 Å². The fraction of sp³-hybridized carbons (Fsp3) is 0.152. The summed E-state index contributed by atoms with van der Waals surface area (Å²) in [5.41, 5.74) is 1.17. The number of esters is 3. The summed E-state index contributed by atoms with van der Waals surface area (Å²) >= 11 is 13.5. The molecule has 0 amide bonds. The molecule has 4 aromatic carbocycles. The third-order valence-electron chi connectivity index (χ3n) is 6.89. The SMILES string of the molecule is O=C(OC[C@H]1O[C@@H](Sc2nc3cc(Cl)c(Cl)cc3[nH]2)[C@H](OC(=O)c2ccccc2)[C@@H]1OC(=O)c1ccccc1)c1ccccc1. The minimum Gasteiger partial charge on any atom is -0.459 e.